The normalized spacial score (nSPS) is 19.0. The smallest absolute Gasteiger partial charge is 0.142 e. The Hall–Kier alpha value is -0.590. The van der Waals surface area contributed by atoms with Crippen molar-refractivity contribution in [3.63, 3.8) is 0 Å². The molecule has 0 unspecified atom stereocenters. The van der Waals surface area contributed by atoms with Crippen LogP contribution in [0, 0.1) is 11.8 Å². The summed E-state index contributed by atoms with van der Waals surface area (Å²) in [5.74, 6) is 1.43. The van der Waals surface area contributed by atoms with E-state index in [0.29, 0.717) is 5.92 Å². The van der Waals surface area contributed by atoms with E-state index in [1.807, 2.05) is 0 Å². The molecule has 0 aromatic heterocycles. The molecule has 1 heteroatoms. The number of carbonyl (C=O) groups excluding carboxylic acids is 1. The maximum Gasteiger partial charge on any atom is 0.142 e. The van der Waals surface area contributed by atoms with Gasteiger partial charge in [-0.25, -0.2) is 0 Å². The van der Waals surface area contributed by atoms with Gasteiger partial charge in [0.1, 0.15) is 6.29 Å². The number of allylic oxidation sites excluding steroid dienone is 2. The zero-order valence-electron chi connectivity index (χ0n) is 7.34. The number of hydrogen-bond acceptors (Lipinski definition) is 1. The molecule has 0 radical (unpaired) electrons. The molecule has 11 heavy (non-hydrogen) atoms. The van der Waals surface area contributed by atoms with E-state index in [-0.39, 0.29) is 0 Å². The lowest BCUT2D eigenvalue weighted by Gasteiger charge is -2.06. The van der Waals surface area contributed by atoms with E-state index in [9.17, 15) is 4.79 Å². The molecule has 0 bridgehead atoms. The van der Waals surface area contributed by atoms with Crippen LogP contribution in [0.15, 0.2) is 11.6 Å². The summed E-state index contributed by atoms with van der Waals surface area (Å²) >= 11 is 0. The molecule has 0 spiro atoms. The second-order valence-electron chi connectivity index (χ2n) is 3.75. The maximum atomic E-state index is 10.3. The van der Waals surface area contributed by atoms with Gasteiger partial charge in [0.05, 0.1) is 0 Å². The third kappa shape index (κ3) is 2.87. The van der Waals surface area contributed by atoms with E-state index in [1.165, 1.54) is 18.4 Å². The highest BCUT2D eigenvalue weighted by molar-refractivity contribution is 5.66. The van der Waals surface area contributed by atoms with E-state index in [4.69, 9.17) is 0 Å². The fraction of sp³-hybridized carbons (Fsp3) is 0.700. The Balaban J connectivity index is 2.45. The summed E-state index contributed by atoms with van der Waals surface area (Å²) in [7, 11) is 0. The molecule has 0 aliphatic heterocycles. The molecular weight excluding hydrogens is 136 g/mol. The summed E-state index contributed by atoms with van der Waals surface area (Å²) in [6, 6.07) is 0. The Bertz CT molecular complexity index is 164. The monoisotopic (exact) mass is 152 g/mol. The van der Waals surface area contributed by atoms with E-state index in [1.54, 1.807) is 6.08 Å². The van der Waals surface area contributed by atoms with Gasteiger partial charge in [0, 0.05) is 0 Å². The number of hydrogen-bond donors (Lipinski definition) is 0. The van der Waals surface area contributed by atoms with E-state index in [0.717, 1.165) is 18.6 Å². The highest BCUT2D eigenvalue weighted by Crippen LogP contribution is 2.38. The summed E-state index contributed by atoms with van der Waals surface area (Å²) in [4.78, 5) is 10.3. The zero-order chi connectivity index (χ0) is 8.27. The minimum Gasteiger partial charge on any atom is -0.299 e. The van der Waals surface area contributed by atoms with Gasteiger partial charge in [-0.1, -0.05) is 19.4 Å². The molecule has 0 amide bonds. The Labute approximate surface area is 68.5 Å². The molecule has 62 valence electrons. The van der Waals surface area contributed by atoms with Crippen molar-refractivity contribution in [2.24, 2.45) is 11.8 Å². The Morgan fingerprint density at radius 3 is 2.55 bits per heavy atom. The topological polar surface area (TPSA) is 17.1 Å². The molecule has 1 aliphatic rings. The van der Waals surface area contributed by atoms with E-state index >= 15 is 0 Å². The standard InChI is InChI=1S/C10H16O/c1-8(2)7-10(5-6-11)9-3-4-9/h5-6,8-9H,3-4,7H2,1-2H3/b10-5-. The first-order valence-corrected chi connectivity index (χ1v) is 4.38. The van der Waals surface area contributed by atoms with Crippen LogP contribution in [0.1, 0.15) is 33.1 Å². The average Bonchev–Trinajstić information content (AvgIpc) is 2.66. The predicted octanol–water partition coefficient (Wildman–Crippen LogP) is 2.57. The highest BCUT2D eigenvalue weighted by atomic mass is 16.1. The quantitative estimate of drug-likeness (QED) is 0.447. The Kier molecular flexibility index (Phi) is 2.86. The molecular formula is C10H16O. The maximum absolute atomic E-state index is 10.3. The van der Waals surface area contributed by atoms with E-state index < -0.39 is 0 Å². The van der Waals surface area contributed by atoms with E-state index in [2.05, 4.69) is 13.8 Å². The van der Waals surface area contributed by atoms with Gasteiger partial charge in [0.2, 0.25) is 0 Å². The van der Waals surface area contributed by atoms with Crippen LogP contribution in [-0.2, 0) is 4.79 Å². The second kappa shape index (κ2) is 3.70. The van der Waals surface area contributed by atoms with Gasteiger partial charge in [0.15, 0.2) is 0 Å². The van der Waals surface area contributed by atoms with Gasteiger partial charge in [0.25, 0.3) is 0 Å². The van der Waals surface area contributed by atoms with Crippen molar-refractivity contribution >= 4 is 6.29 Å². The molecule has 0 aromatic carbocycles. The molecule has 1 nitrogen and oxygen atoms in total. The van der Waals surface area contributed by atoms with Crippen LogP contribution in [0.25, 0.3) is 0 Å². The third-order valence-electron chi connectivity index (χ3n) is 2.03. The van der Waals surface area contributed by atoms with Crippen LogP contribution < -0.4 is 0 Å². The summed E-state index contributed by atoms with van der Waals surface area (Å²) in [5, 5.41) is 0. The summed E-state index contributed by atoms with van der Waals surface area (Å²) < 4.78 is 0. The summed E-state index contributed by atoms with van der Waals surface area (Å²) in [6.07, 6.45) is 6.38. The van der Waals surface area contributed by atoms with Crippen LogP contribution in [0.5, 0.6) is 0 Å². The molecule has 1 rings (SSSR count). The van der Waals surface area contributed by atoms with Crippen molar-refractivity contribution in [1.82, 2.24) is 0 Å². The third-order valence-corrected chi connectivity index (χ3v) is 2.03. The van der Waals surface area contributed by atoms with Gasteiger partial charge in [-0.05, 0) is 37.2 Å². The minimum atomic E-state index is 0.682. The highest BCUT2D eigenvalue weighted by Gasteiger charge is 2.25. The van der Waals surface area contributed by atoms with Crippen molar-refractivity contribution in [3.05, 3.63) is 11.6 Å². The summed E-state index contributed by atoms with van der Waals surface area (Å²) in [5.41, 5.74) is 1.37. The number of aldehydes is 1. The van der Waals surface area contributed by atoms with Crippen molar-refractivity contribution < 1.29 is 4.79 Å². The first kappa shape index (κ1) is 8.51. The summed E-state index contributed by atoms with van der Waals surface area (Å²) in [6.45, 7) is 4.39. The van der Waals surface area contributed by atoms with Gasteiger partial charge in [-0.15, -0.1) is 0 Å². The second-order valence-corrected chi connectivity index (χ2v) is 3.75. The fourth-order valence-electron chi connectivity index (χ4n) is 1.38. The number of rotatable bonds is 4. The van der Waals surface area contributed by atoms with Gasteiger partial charge in [-0.3, -0.25) is 4.79 Å². The molecule has 1 saturated carbocycles. The average molecular weight is 152 g/mol. The molecule has 0 N–H and O–H groups in total. The molecule has 1 fully saturated rings. The van der Waals surface area contributed by atoms with Crippen molar-refractivity contribution in [3.8, 4) is 0 Å². The van der Waals surface area contributed by atoms with Gasteiger partial charge in [-0.2, -0.15) is 0 Å². The van der Waals surface area contributed by atoms with Crippen LogP contribution in [-0.4, -0.2) is 6.29 Å². The first-order valence-electron chi connectivity index (χ1n) is 4.38. The SMILES string of the molecule is CC(C)C/C(=C/C=O)C1CC1. The lowest BCUT2D eigenvalue weighted by atomic mass is 9.99. The lowest BCUT2D eigenvalue weighted by Crippen LogP contribution is -1.94. The van der Waals surface area contributed by atoms with Crippen molar-refractivity contribution in [1.29, 1.82) is 0 Å². The fourth-order valence-corrected chi connectivity index (χ4v) is 1.38. The molecule has 0 heterocycles. The first-order chi connectivity index (χ1) is 5.24. The van der Waals surface area contributed by atoms with Crippen molar-refractivity contribution in [2.75, 3.05) is 0 Å². The van der Waals surface area contributed by atoms with Crippen molar-refractivity contribution in [2.45, 2.75) is 33.1 Å². The van der Waals surface area contributed by atoms with Crippen LogP contribution in [0.3, 0.4) is 0 Å². The Morgan fingerprint density at radius 1 is 1.55 bits per heavy atom. The predicted molar refractivity (Wildman–Crippen MR) is 46.3 cm³/mol. The Morgan fingerprint density at radius 2 is 2.18 bits per heavy atom. The van der Waals surface area contributed by atoms with Gasteiger partial charge >= 0.3 is 0 Å². The zero-order valence-corrected chi connectivity index (χ0v) is 7.34. The van der Waals surface area contributed by atoms with Gasteiger partial charge < -0.3 is 0 Å². The van der Waals surface area contributed by atoms with Crippen LogP contribution in [0.4, 0.5) is 0 Å². The van der Waals surface area contributed by atoms with Crippen LogP contribution >= 0.6 is 0 Å². The number of carbonyl (C=O) groups is 1. The largest absolute Gasteiger partial charge is 0.299 e. The molecule has 0 saturated heterocycles. The molecule has 0 aromatic rings. The minimum absolute atomic E-state index is 0.682. The molecule has 0 atom stereocenters. The lowest BCUT2D eigenvalue weighted by molar-refractivity contribution is -0.104. The molecule has 1 aliphatic carbocycles. The van der Waals surface area contributed by atoms with Crippen LogP contribution in [0.2, 0.25) is 0 Å².